The summed E-state index contributed by atoms with van der Waals surface area (Å²) in [4.78, 5) is 27.1. The van der Waals surface area contributed by atoms with Gasteiger partial charge < -0.3 is 29.2 Å². The minimum absolute atomic E-state index is 0.0899. The molecule has 0 aromatic heterocycles. The van der Waals surface area contributed by atoms with Gasteiger partial charge in [0, 0.05) is 49.3 Å². The number of hydrogen-bond acceptors (Lipinski definition) is 6. The predicted molar refractivity (Wildman–Crippen MR) is 111 cm³/mol. The zero-order chi connectivity index (χ0) is 21.0. The zero-order valence-electron chi connectivity index (χ0n) is 16.9. The zero-order valence-corrected chi connectivity index (χ0v) is 16.9. The van der Waals surface area contributed by atoms with Crippen LogP contribution >= 0.6 is 0 Å². The Morgan fingerprint density at radius 2 is 1.74 bits per heavy atom. The second-order valence-corrected chi connectivity index (χ2v) is 8.42. The lowest BCUT2D eigenvalue weighted by atomic mass is 10.1. The van der Waals surface area contributed by atoms with Crippen LogP contribution in [0, 0.1) is 5.92 Å². The van der Waals surface area contributed by atoms with Crippen molar-refractivity contribution in [2.75, 3.05) is 23.6 Å². The minimum Gasteiger partial charge on any atom is -0.454 e. The van der Waals surface area contributed by atoms with E-state index in [1.165, 1.54) is 0 Å². The number of anilines is 2. The number of carbonyl (C=O) groups is 2. The normalized spacial score (nSPS) is 22.4. The van der Waals surface area contributed by atoms with Crippen LogP contribution in [-0.4, -0.2) is 30.9 Å². The van der Waals surface area contributed by atoms with Crippen LogP contribution in [0.5, 0.6) is 23.0 Å². The molecule has 1 unspecified atom stereocenters. The van der Waals surface area contributed by atoms with Gasteiger partial charge in [0.15, 0.2) is 23.0 Å². The molecule has 2 aromatic carbocycles. The van der Waals surface area contributed by atoms with Crippen molar-refractivity contribution in [1.29, 1.82) is 0 Å². The fourth-order valence-electron chi connectivity index (χ4n) is 4.72. The lowest BCUT2D eigenvalue weighted by Crippen LogP contribution is -2.34. The van der Waals surface area contributed by atoms with Crippen LogP contribution in [0.15, 0.2) is 36.4 Å². The summed E-state index contributed by atoms with van der Waals surface area (Å²) in [5, 5.41) is 2.93. The van der Waals surface area contributed by atoms with Crippen molar-refractivity contribution in [2.45, 2.75) is 37.9 Å². The van der Waals surface area contributed by atoms with Gasteiger partial charge in [-0.05, 0) is 37.1 Å². The summed E-state index contributed by atoms with van der Waals surface area (Å²) < 4.78 is 22.8. The lowest BCUT2D eigenvalue weighted by Gasteiger charge is -2.21. The van der Waals surface area contributed by atoms with Gasteiger partial charge in [0.25, 0.3) is 5.79 Å². The smallest absolute Gasteiger partial charge is 0.251 e. The second-order valence-electron chi connectivity index (χ2n) is 8.42. The number of benzene rings is 2. The molecular weight excluding hydrogens is 400 g/mol. The van der Waals surface area contributed by atoms with Crippen LogP contribution < -0.4 is 29.2 Å². The summed E-state index contributed by atoms with van der Waals surface area (Å²) in [6.45, 7) is 0.492. The maximum atomic E-state index is 12.9. The molecule has 3 aliphatic heterocycles. The van der Waals surface area contributed by atoms with Gasteiger partial charge in [0.05, 0.1) is 5.92 Å². The molecule has 4 aliphatic rings. The molecule has 1 saturated carbocycles. The molecule has 8 nitrogen and oxygen atoms in total. The van der Waals surface area contributed by atoms with Crippen molar-refractivity contribution in [3.63, 3.8) is 0 Å². The molecule has 0 bridgehead atoms. The Balaban J connectivity index is 1.14. The molecule has 2 amide bonds. The fraction of sp³-hybridized carbons (Fsp3) is 0.391. The molecule has 160 valence electrons. The molecule has 6 rings (SSSR count). The Bertz CT molecular complexity index is 1080. The minimum atomic E-state index is -0.534. The third kappa shape index (κ3) is 3.13. The number of hydrogen-bond donors (Lipinski definition) is 1. The monoisotopic (exact) mass is 422 g/mol. The highest BCUT2D eigenvalue weighted by Gasteiger charge is 2.44. The average molecular weight is 422 g/mol. The molecule has 1 atom stereocenters. The first-order valence-corrected chi connectivity index (χ1v) is 10.6. The summed E-state index contributed by atoms with van der Waals surface area (Å²) >= 11 is 0. The van der Waals surface area contributed by atoms with E-state index >= 15 is 0 Å². The van der Waals surface area contributed by atoms with Crippen molar-refractivity contribution >= 4 is 23.2 Å². The van der Waals surface area contributed by atoms with Gasteiger partial charge in [-0.15, -0.1) is 0 Å². The average Bonchev–Trinajstić information content (AvgIpc) is 3.54. The molecule has 2 aromatic rings. The van der Waals surface area contributed by atoms with Crippen molar-refractivity contribution in [3.8, 4) is 23.0 Å². The quantitative estimate of drug-likeness (QED) is 0.816. The van der Waals surface area contributed by atoms with Crippen LogP contribution in [-0.2, 0) is 9.59 Å². The summed E-state index contributed by atoms with van der Waals surface area (Å²) in [6.07, 6.45) is 4.10. The highest BCUT2D eigenvalue weighted by molar-refractivity contribution is 6.03. The third-order valence-corrected chi connectivity index (χ3v) is 6.33. The summed E-state index contributed by atoms with van der Waals surface area (Å²) in [5.41, 5.74) is 1.34. The molecular formula is C23H22N2O6. The number of nitrogens with zero attached hydrogens (tertiary/aromatic N) is 1. The van der Waals surface area contributed by atoms with Gasteiger partial charge in [-0.2, -0.15) is 0 Å². The van der Waals surface area contributed by atoms with E-state index < -0.39 is 11.7 Å². The first-order chi connectivity index (χ1) is 15.1. The largest absolute Gasteiger partial charge is 0.454 e. The molecule has 31 heavy (non-hydrogen) atoms. The van der Waals surface area contributed by atoms with Crippen molar-refractivity contribution in [2.24, 2.45) is 5.92 Å². The Kier molecular flexibility index (Phi) is 4.03. The van der Waals surface area contributed by atoms with E-state index in [1.54, 1.807) is 29.2 Å². The first kappa shape index (κ1) is 18.4. The van der Waals surface area contributed by atoms with E-state index in [9.17, 15) is 9.59 Å². The summed E-state index contributed by atoms with van der Waals surface area (Å²) in [7, 11) is 0. The van der Waals surface area contributed by atoms with Gasteiger partial charge >= 0.3 is 0 Å². The molecule has 1 saturated heterocycles. The van der Waals surface area contributed by atoms with Crippen molar-refractivity contribution in [1.82, 2.24) is 0 Å². The number of carbonyl (C=O) groups excluding carboxylic acids is 2. The Hall–Kier alpha value is -3.42. The van der Waals surface area contributed by atoms with Crippen LogP contribution in [0.1, 0.15) is 32.1 Å². The first-order valence-electron chi connectivity index (χ1n) is 10.6. The molecule has 3 heterocycles. The Labute approximate surface area is 179 Å². The molecule has 1 spiro atoms. The highest BCUT2D eigenvalue weighted by atomic mass is 16.7. The van der Waals surface area contributed by atoms with E-state index in [-0.39, 0.29) is 25.0 Å². The second kappa shape index (κ2) is 6.80. The standard InChI is InChI=1S/C23H22N2O6/c26-21-9-14(12-25(21)16-4-6-17-19(11-16)29-13-28-17)22(27)24-15-3-5-18-20(10-15)31-23(30-18)7-1-2-8-23/h3-6,10-11,14H,1-2,7-9,12-13H2,(H,24,27). The third-order valence-electron chi connectivity index (χ3n) is 6.33. The number of ether oxygens (including phenoxy) is 4. The number of nitrogens with one attached hydrogen (secondary N) is 1. The summed E-state index contributed by atoms with van der Waals surface area (Å²) in [6, 6.07) is 10.8. The van der Waals surface area contributed by atoms with E-state index in [1.807, 2.05) is 12.1 Å². The van der Waals surface area contributed by atoms with Crippen LogP contribution in [0.25, 0.3) is 0 Å². The number of amides is 2. The van der Waals surface area contributed by atoms with Crippen LogP contribution in [0.2, 0.25) is 0 Å². The lowest BCUT2D eigenvalue weighted by molar-refractivity contribution is -0.122. The molecule has 1 aliphatic carbocycles. The van der Waals surface area contributed by atoms with Crippen LogP contribution in [0.3, 0.4) is 0 Å². The van der Waals surface area contributed by atoms with E-state index in [4.69, 9.17) is 18.9 Å². The van der Waals surface area contributed by atoms with E-state index in [0.717, 1.165) is 25.7 Å². The van der Waals surface area contributed by atoms with E-state index in [2.05, 4.69) is 5.32 Å². The molecule has 2 fully saturated rings. The molecule has 8 heteroatoms. The molecule has 1 N–H and O–H groups in total. The van der Waals surface area contributed by atoms with Gasteiger partial charge in [-0.25, -0.2) is 0 Å². The maximum absolute atomic E-state index is 12.9. The van der Waals surface area contributed by atoms with Gasteiger partial charge in [0.1, 0.15) is 0 Å². The molecule has 0 radical (unpaired) electrons. The van der Waals surface area contributed by atoms with Gasteiger partial charge in [0.2, 0.25) is 18.6 Å². The van der Waals surface area contributed by atoms with Crippen molar-refractivity contribution < 1.29 is 28.5 Å². The highest BCUT2D eigenvalue weighted by Crippen LogP contribution is 2.47. The van der Waals surface area contributed by atoms with Crippen LogP contribution in [0.4, 0.5) is 11.4 Å². The number of fused-ring (bicyclic) bond motifs is 2. The van der Waals surface area contributed by atoms with E-state index in [0.29, 0.717) is 40.9 Å². The maximum Gasteiger partial charge on any atom is 0.251 e. The Morgan fingerprint density at radius 3 is 2.61 bits per heavy atom. The fourth-order valence-corrected chi connectivity index (χ4v) is 4.72. The topological polar surface area (TPSA) is 86.3 Å². The Morgan fingerprint density at radius 1 is 0.968 bits per heavy atom. The summed E-state index contributed by atoms with van der Waals surface area (Å²) in [5.74, 6) is 1.39. The van der Waals surface area contributed by atoms with Crippen molar-refractivity contribution in [3.05, 3.63) is 36.4 Å². The number of rotatable bonds is 3. The van der Waals surface area contributed by atoms with Gasteiger partial charge in [-0.1, -0.05) is 0 Å². The van der Waals surface area contributed by atoms with Gasteiger partial charge in [-0.3, -0.25) is 9.59 Å². The predicted octanol–water partition coefficient (Wildman–Crippen LogP) is 3.45. The SMILES string of the molecule is O=C(Nc1ccc2c(c1)OC1(CCCC1)O2)C1CC(=O)N(c2ccc3c(c2)OCO3)C1.